The van der Waals surface area contributed by atoms with Gasteiger partial charge in [-0.3, -0.25) is 14.9 Å². The Labute approximate surface area is 173 Å². The highest BCUT2D eigenvalue weighted by Crippen LogP contribution is 2.32. The second-order valence-corrected chi connectivity index (χ2v) is 8.60. The van der Waals surface area contributed by atoms with E-state index in [0.717, 1.165) is 39.9 Å². The van der Waals surface area contributed by atoms with Gasteiger partial charge in [0.25, 0.3) is 5.24 Å². The molecule has 2 aromatic carbocycles. The lowest BCUT2D eigenvalue weighted by Crippen LogP contribution is -2.38. The number of carbonyl (C=O) groups is 2. The van der Waals surface area contributed by atoms with Gasteiger partial charge in [0.1, 0.15) is 31.8 Å². The van der Waals surface area contributed by atoms with Crippen LogP contribution >= 0.6 is 11.8 Å². The second kappa shape index (κ2) is 7.48. The summed E-state index contributed by atoms with van der Waals surface area (Å²) in [7, 11) is 5.37. The van der Waals surface area contributed by atoms with Crippen LogP contribution in [0.15, 0.2) is 42.5 Å². The number of rotatable bonds is 6. The van der Waals surface area contributed by atoms with Gasteiger partial charge in [0, 0.05) is 13.1 Å². The van der Waals surface area contributed by atoms with E-state index in [-0.39, 0.29) is 11.1 Å². The van der Waals surface area contributed by atoms with Crippen molar-refractivity contribution in [3.8, 4) is 11.5 Å². The normalized spacial score (nSPS) is 18.8. The number of methoxy groups -OCH3 is 1. The molecule has 0 aliphatic carbocycles. The number of amides is 2. The van der Waals surface area contributed by atoms with Crippen LogP contribution in [0.2, 0.25) is 0 Å². The molecule has 2 amide bonds. The lowest BCUT2D eigenvalue weighted by Gasteiger charge is -2.18. The molecule has 1 saturated heterocycles. The average Bonchev–Trinajstić information content (AvgIpc) is 3.15. The van der Waals surface area contributed by atoms with Crippen molar-refractivity contribution >= 4 is 41.8 Å². The Bertz CT molecular complexity index is 1100. The molecule has 0 spiro atoms. The summed E-state index contributed by atoms with van der Waals surface area (Å²) in [6, 6.07) is 13.3. The van der Waals surface area contributed by atoms with E-state index in [0.29, 0.717) is 18.8 Å². The van der Waals surface area contributed by atoms with Gasteiger partial charge in [-0.1, -0.05) is 23.9 Å². The van der Waals surface area contributed by atoms with Gasteiger partial charge in [-0.25, -0.2) is 4.98 Å². The van der Waals surface area contributed by atoms with E-state index in [1.54, 1.807) is 15.0 Å². The molecule has 1 aromatic heterocycles. The average molecular weight is 409 g/mol. The number of nitrogens with one attached hydrogen (secondary N) is 1. The van der Waals surface area contributed by atoms with Gasteiger partial charge in [0.05, 0.1) is 22.8 Å². The van der Waals surface area contributed by atoms with Crippen LogP contribution < -0.4 is 14.8 Å². The Morgan fingerprint density at radius 3 is 2.55 bits per heavy atom. The first kappa shape index (κ1) is 19.4. The van der Waals surface area contributed by atoms with Crippen molar-refractivity contribution in [3.63, 3.8) is 0 Å². The van der Waals surface area contributed by atoms with Gasteiger partial charge < -0.3 is 14.0 Å². The van der Waals surface area contributed by atoms with Crippen LogP contribution in [0.1, 0.15) is 11.4 Å². The van der Waals surface area contributed by atoms with E-state index in [4.69, 9.17) is 9.47 Å². The summed E-state index contributed by atoms with van der Waals surface area (Å²) >= 11 is 1.04. The summed E-state index contributed by atoms with van der Waals surface area (Å²) in [6.45, 7) is 0.331. The topological polar surface area (TPSA) is 82.4 Å². The molecule has 148 valence electrons. The number of hydrogen-bond acceptors (Lipinski definition) is 6. The Morgan fingerprint density at radius 1 is 1.17 bits per heavy atom. The van der Waals surface area contributed by atoms with Gasteiger partial charge in [0.15, 0.2) is 0 Å². The van der Waals surface area contributed by atoms with Crippen molar-refractivity contribution in [1.82, 2.24) is 14.9 Å². The second-order valence-electron chi connectivity index (χ2n) is 7.13. The minimum atomic E-state index is -0.770. The fourth-order valence-electron chi connectivity index (χ4n) is 3.33. The molecular formula is C20H20BN3O4S. The predicted octanol–water partition coefficient (Wildman–Crippen LogP) is 2.02. The third-order valence-electron chi connectivity index (χ3n) is 5.03. The fourth-order valence-corrected chi connectivity index (χ4v) is 4.27. The molecule has 1 fully saturated rings. The molecule has 7 nitrogen and oxygen atoms in total. The van der Waals surface area contributed by atoms with Gasteiger partial charge in [-0.05, 0) is 36.2 Å². The number of ether oxygens (including phenoxy) is 2. The van der Waals surface area contributed by atoms with Crippen LogP contribution in [-0.4, -0.2) is 40.3 Å². The van der Waals surface area contributed by atoms with Crippen molar-refractivity contribution in [2.24, 2.45) is 7.05 Å². The largest absolute Gasteiger partial charge is 0.497 e. The maximum atomic E-state index is 12.0. The van der Waals surface area contributed by atoms with Crippen LogP contribution in [0.3, 0.4) is 0 Å². The summed E-state index contributed by atoms with van der Waals surface area (Å²) in [5.74, 6) is 2.06. The fraction of sp³-hybridized carbons (Fsp3) is 0.250. The number of thioether (sulfide) groups is 1. The first-order chi connectivity index (χ1) is 13.9. The molecule has 1 aliphatic heterocycles. The zero-order valence-corrected chi connectivity index (χ0v) is 17.2. The van der Waals surface area contributed by atoms with Gasteiger partial charge in [-0.15, -0.1) is 0 Å². The van der Waals surface area contributed by atoms with Gasteiger partial charge >= 0.3 is 0 Å². The Morgan fingerprint density at radius 2 is 1.90 bits per heavy atom. The first-order valence-corrected chi connectivity index (χ1v) is 9.95. The molecule has 29 heavy (non-hydrogen) atoms. The lowest BCUT2D eigenvalue weighted by molar-refractivity contribution is -0.119. The molecule has 0 bridgehead atoms. The SMILES string of the molecule is B[C@@]1(Cc2ccc(OCc3nc4ccc(OC)cc4n3C)cc2)SC(=O)NC1=O. The molecule has 2 heterocycles. The summed E-state index contributed by atoms with van der Waals surface area (Å²) < 4.78 is 12.4. The smallest absolute Gasteiger partial charge is 0.285 e. The molecule has 1 aliphatic rings. The Hall–Kier alpha value is -2.94. The van der Waals surface area contributed by atoms with E-state index < -0.39 is 4.65 Å². The van der Waals surface area contributed by atoms with Crippen molar-refractivity contribution in [2.75, 3.05) is 7.11 Å². The van der Waals surface area contributed by atoms with Crippen molar-refractivity contribution in [1.29, 1.82) is 0 Å². The molecule has 1 atom stereocenters. The van der Waals surface area contributed by atoms with Crippen LogP contribution in [0.4, 0.5) is 4.79 Å². The molecule has 1 N–H and O–H groups in total. The van der Waals surface area contributed by atoms with E-state index >= 15 is 0 Å². The number of hydrogen-bond donors (Lipinski definition) is 1. The number of fused-ring (bicyclic) bond motifs is 1. The number of nitrogens with zero attached hydrogens (tertiary/aromatic N) is 2. The van der Waals surface area contributed by atoms with Gasteiger partial charge in [0.2, 0.25) is 5.91 Å². The van der Waals surface area contributed by atoms with Gasteiger partial charge in [-0.2, -0.15) is 0 Å². The molecule has 0 saturated carbocycles. The molecule has 3 aromatic rings. The molecule has 0 unspecified atom stereocenters. The first-order valence-electron chi connectivity index (χ1n) is 9.13. The van der Waals surface area contributed by atoms with Crippen molar-refractivity contribution < 1.29 is 19.1 Å². The Balaban J connectivity index is 1.43. The van der Waals surface area contributed by atoms with Crippen molar-refractivity contribution in [3.05, 3.63) is 53.9 Å². The summed E-state index contributed by atoms with van der Waals surface area (Å²) in [5, 5.41) is 2.05. The minimum Gasteiger partial charge on any atom is -0.497 e. The molecule has 9 heteroatoms. The van der Waals surface area contributed by atoms with Crippen molar-refractivity contribution in [2.45, 2.75) is 17.7 Å². The number of benzene rings is 2. The predicted molar refractivity (Wildman–Crippen MR) is 114 cm³/mol. The van der Waals surface area contributed by atoms with E-state index in [9.17, 15) is 9.59 Å². The van der Waals surface area contributed by atoms with E-state index in [2.05, 4.69) is 10.3 Å². The molecular weight excluding hydrogens is 389 g/mol. The Kier molecular flexibility index (Phi) is 5.00. The lowest BCUT2D eigenvalue weighted by atomic mass is 9.80. The molecule has 4 rings (SSSR count). The van der Waals surface area contributed by atoms with E-state index in [1.165, 1.54) is 0 Å². The summed E-state index contributed by atoms with van der Waals surface area (Å²) in [5.41, 5.74) is 2.83. The zero-order valence-electron chi connectivity index (χ0n) is 16.4. The highest BCUT2D eigenvalue weighted by molar-refractivity contribution is 8.17. The van der Waals surface area contributed by atoms with Crippen LogP contribution in [0.5, 0.6) is 11.5 Å². The number of imide groups is 1. The minimum absolute atomic E-state index is 0.244. The van der Waals surface area contributed by atoms with Crippen LogP contribution in [-0.2, 0) is 24.9 Å². The van der Waals surface area contributed by atoms with Crippen LogP contribution in [0.25, 0.3) is 11.0 Å². The third kappa shape index (κ3) is 3.82. The molecule has 0 radical (unpaired) electrons. The zero-order chi connectivity index (χ0) is 20.6. The van der Waals surface area contributed by atoms with E-state index in [1.807, 2.05) is 54.1 Å². The quantitative estimate of drug-likeness (QED) is 0.628. The number of carbonyl (C=O) groups excluding carboxylic acids is 2. The summed E-state index contributed by atoms with van der Waals surface area (Å²) in [6.07, 6.45) is 0.474. The monoisotopic (exact) mass is 409 g/mol. The number of aromatic nitrogens is 2. The summed E-state index contributed by atoms with van der Waals surface area (Å²) in [4.78, 5) is 28.1. The standard InChI is InChI=1S/C20H20BN3O4S/c1-24-16-9-14(27-2)7-8-15(16)22-17(24)11-28-13-5-3-12(4-6-13)10-20(21)18(25)23-19(26)29-20/h3-9H,10-11,21H2,1-2H3,(H,23,25,26)/t20-/m0/s1. The highest BCUT2D eigenvalue weighted by Gasteiger charge is 2.43. The number of aryl methyl sites for hydroxylation is 1. The van der Waals surface area contributed by atoms with Crippen LogP contribution in [0, 0.1) is 0 Å². The maximum absolute atomic E-state index is 12.0. The third-order valence-corrected chi connectivity index (χ3v) is 6.09. The highest BCUT2D eigenvalue weighted by atomic mass is 32.2. The number of imidazole rings is 1. The maximum Gasteiger partial charge on any atom is 0.285 e.